The van der Waals surface area contributed by atoms with Crippen LogP contribution in [-0.4, -0.2) is 42.0 Å². The van der Waals surface area contributed by atoms with Gasteiger partial charge in [-0.3, -0.25) is 19.7 Å². The molecule has 0 radical (unpaired) electrons. The number of aliphatic carboxylic acids is 1. The Labute approximate surface area is 206 Å². The van der Waals surface area contributed by atoms with Crippen molar-refractivity contribution in [3.63, 3.8) is 0 Å². The van der Waals surface area contributed by atoms with E-state index in [2.05, 4.69) is 21.3 Å². The second-order valence-corrected chi connectivity index (χ2v) is 8.69. The quantitative estimate of drug-likeness (QED) is 0.295. The number of hydrogen-bond donors (Lipinski definition) is 5. The molecule has 3 rings (SSSR count). The van der Waals surface area contributed by atoms with E-state index in [0.29, 0.717) is 22.7 Å². The van der Waals surface area contributed by atoms with Gasteiger partial charge < -0.3 is 21.1 Å². The molecule has 5 N–H and O–H groups in total. The van der Waals surface area contributed by atoms with Gasteiger partial charge in [0.1, 0.15) is 0 Å². The van der Waals surface area contributed by atoms with Crippen LogP contribution >= 0.6 is 11.3 Å². The molecule has 3 aromatic rings. The maximum Gasteiger partial charge on any atom is 0.320 e. The lowest BCUT2D eigenvalue weighted by atomic mass is 9.98. The summed E-state index contributed by atoms with van der Waals surface area (Å²) in [4.78, 5) is 48.2. The molecule has 9 nitrogen and oxygen atoms in total. The molecule has 1 unspecified atom stereocenters. The number of aryl methyl sites for hydroxylation is 1. The number of carbonyl (C=O) groups is 4. The molecule has 1 heterocycles. The molecule has 1 atom stereocenters. The Bertz CT molecular complexity index is 1180. The molecule has 2 aromatic carbocycles. The number of hydrogen-bond acceptors (Lipinski definition) is 5. The minimum atomic E-state index is -1.05. The number of carboxylic acid groups (broad SMARTS) is 1. The van der Waals surface area contributed by atoms with Crippen LogP contribution in [0.15, 0.2) is 66.0 Å². The molecule has 10 heteroatoms. The normalized spacial score (nSPS) is 11.2. The molecule has 0 aliphatic carbocycles. The summed E-state index contributed by atoms with van der Waals surface area (Å²) in [5.41, 5.74) is 2.84. The fourth-order valence-corrected chi connectivity index (χ4v) is 3.92. The van der Waals surface area contributed by atoms with Crippen molar-refractivity contribution in [2.24, 2.45) is 0 Å². The number of anilines is 1. The van der Waals surface area contributed by atoms with Gasteiger partial charge in [-0.25, -0.2) is 4.79 Å². The van der Waals surface area contributed by atoms with Crippen LogP contribution in [0.3, 0.4) is 0 Å². The lowest BCUT2D eigenvalue weighted by molar-refractivity contribution is -0.138. The minimum Gasteiger partial charge on any atom is -0.481 e. The third-order valence-corrected chi connectivity index (χ3v) is 5.93. The number of amides is 4. The molecular weight excluding hydrogens is 468 g/mol. The van der Waals surface area contributed by atoms with E-state index in [1.807, 2.05) is 49.4 Å². The van der Waals surface area contributed by atoms with Gasteiger partial charge in [0.15, 0.2) is 0 Å². The van der Waals surface area contributed by atoms with Crippen LogP contribution in [0.2, 0.25) is 0 Å². The van der Waals surface area contributed by atoms with E-state index < -0.39 is 29.7 Å². The average molecular weight is 495 g/mol. The number of thiophene rings is 1. The van der Waals surface area contributed by atoms with Gasteiger partial charge in [-0.15, -0.1) is 11.3 Å². The van der Waals surface area contributed by atoms with E-state index in [4.69, 9.17) is 0 Å². The highest BCUT2D eigenvalue weighted by Gasteiger charge is 2.21. The van der Waals surface area contributed by atoms with Crippen LogP contribution in [0.25, 0.3) is 0 Å². The van der Waals surface area contributed by atoms with Crippen molar-refractivity contribution in [2.75, 3.05) is 18.4 Å². The monoisotopic (exact) mass is 494 g/mol. The number of carbonyl (C=O) groups excluding carboxylic acids is 3. The highest BCUT2D eigenvalue weighted by molar-refractivity contribution is 7.14. The summed E-state index contributed by atoms with van der Waals surface area (Å²) < 4.78 is 0. The van der Waals surface area contributed by atoms with Crippen LogP contribution in [0, 0.1) is 6.92 Å². The molecular formula is C25H26N4O5S. The molecule has 0 aliphatic rings. The zero-order chi connectivity index (χ0) is 25.2. The second kappa shape index (κ2) is 12.3. The second-order valence-electron chi connectivity index (χ2n) is 7.78. The lowest BCUT2D eigenvalue weighted by Crippen LogP contribution is -2.39. The van der Waals surface area contributed by atoms with Crippen LogP contribution < -0.4 is 21.3 Å². The standard InChI is InChI=1S/C25H26N4O5S/c1-16-7-9-18(10-8-16)20(24(32)33)13-26-21(30)14-27-23(31)19-11-22(35-15-19)29-25(34)28-12-17-5-3-2-4-6-17/h2-11,15,20H,12-14H2,1H3,(H,26,30)(H,27,31)(H,32,33)(H2,28,29,34). The third kappa shape index (κ3) is 7.97. The molecule has 0 saturated carbocycles. The van der Waals surface area contributed by atoms with Crippen molar-refractivity contribution in [2.45, 2.75) is 19.4 Å². The topological polar surface area (TPSA) is 137 Å². The van der Waals surface area contributed by atoms with Gasteiger partial charge in [0.25, 0.3) is 5.91 Å². The van der Waals surface area contributed by atoms with Crippen molar-refractivity contribution in [1.29, 1.82) is 0 Å². The first-order chi connectivity index (χ1) is 16.8. The van der Waals surface area contributed by atoms with Gasteiger partial charge in [0.05, 0.1) is 23.0 Å². The average Bonchev–Trinajstić information content (AvgIpc) is 3.31. The highest BCUT2D eigenvalue weighted by Crippen LogP contribution is 2.20. The van der Waals surface area contributed by atoms with E-state index in [1.165, 1.54) is 17.4 Å². The smallest absolute Gasteiger partial charge is 0.320 e. The van der Waals surface area contributed by atoms with E-state index in [1.54, 1.807) is 17.5 Å². The number of benzene rings is 2. The summed E-state index contributed by atoms with van der Waals surface area (Å²) in [6.45, 7) is 1.86. The van der Waals surface area contributed by atoms with Crippen molar-refractivity contribution in [1.82, 2.24) is 16.0 Å². The number of carboxylic acids is 1. The van der Waals surface area contributed by atoms with E-state index in [0.717, 1.165) is 11.1 Å². The predicted molar refractivity (Wildman–Crippen MR) is 134 cm³/mol. The van der Waals surface area contributed by atoms with Crippen LogP contribution in [-0.2, 0) is 16.1 Å². The Morgan fingerprint density at radius 3 is 2.34 bits per heavy atom. The number of rotatable bonds is 10. The van der Waals surface area contributed by atoms with Crippen LogP contribution in [0.4, 0.5) is 9.80 Å². The molecule has 182 valence electrons. The SMILES string of the molecule is Cc1ccc(C(CNC(=O)CNC(=O)c2csc(NC(=O)NCc3ccccc3)c2)C(=O)O)cc1. The summed E-state index contributed by atoms with van der Waals surface area (Å²) >= 11 is 1.18. The molecule has 1 aromatic heterocycles. The Kier molecular flexibility index (Phi) is 8.96. The first-order valence-electron chi connectivity index (χ1n) is 10.8. The molecule has 0 fully saturated rings. The third-order valence-electron chi connectivity index (χ3n) is 5.08. The summed E-state index contributed by atoms with van der Waals surface area (Å²) in [6.07, 6.45) is 0. The van der Waals surface area contributed by atoms with E-state index >= 15 is 0 Å². The van der Waals surface area contributed by atoms with Gasteiger partial charge in [-0.2, -0.15) is 0 Å². The van der Waals surface area contributed by atoms with Crippen LogP contribution in [0.1, 0.15) is 33.0 Å². The van der Waals surface area contributed by atoms with Crippen LogP contribution in [0.5, 0.6) is 0 Å². The van der Waals surface area contributed by atoms with Gasteiger partial charge >= 0.3 is 12.0 Å². The molecule has 0 aliphatic heterocycles. The summed E-state index contributed by atoms with van der Waals surface area (Å²) in [6, 6.07) is 17.6. The maximum absolute atomic E-state index is 12.4. The predicted octanol–water partition coefficient (Wildman–Crippen LogP) is 3.09. The Morgan fingerprint density at radius 1 is 0.943 bits per heavy atom. The number of urea groups is 1. The highest BCUT2D eigenvalue weighted by atomic mass is 32.1. The first-order valence-corrected chi connectivity index (χ1v) is 11.7. The summed E-state index contributed by atoms with van der Waals surface area (Å²) in [5.74, 6) is -2.94. The molecule has 35 heavy (non-hydrogen) atoms. The Morgan fingerprint density at radius 2 is 1.66 bits per heavy atom. The van der Waals surface area contributed by atoms with E-state index in [9.17, 15) is 24.3 Å². The summed E-state index contributed by atoms with van der Waals surface area (Å²) in [7, 11) is 0. The van der Waals surface area contributed by atoms with Crippen molar-refractivity contribution in [3.05, 3.63) is 88.3 Å². The molecule has 0 bridgehead atoms. The van der Waals surface area contributed by atoms with E-state index in [-0.39, 0.29) is 13.1 Å². The Balaban J connectivity index is 1.42. The zero-order valence-corrected chi connectivity index (χ0v) is 19.9. The van der Waals surface area contributed by atoms with Crippen molar-refractivity contribution in [3.8, 4) is 0 Å². The van der Waals surface area contributed by atoms with Gasteiger partial charge in [0, 0.05) is 18.5 Å². The van der Waals surface area contributed by atoms with Crippen molar-refractivity contribution >= 4 is 40.2 Å². The van der Waals surface area contributed by atoms with Gasteiger partial charge in [0.2, 0.25) is 5.91 Å². The molecule has 0 spiro atoms. The zero-order valence-electron chi connectivity index (χ0n) is 19.0. The maximum atomic E-state index is 12.4. The molecule has 0 saturated heterocycles. The fourth-order valence-electron chi connectivity index (χ4n) is 3.14. The largest absolute Gasteiger partial charge is 0.481 e. The first kappa shape index (κ1) is 25.4. The minimum absolute atomic E-state index is 0.0995. The lowest BCUT2D eigenvalue weighted by Gasteiger charge is -2.14. The van der Waals surface area contributed by atoms with Gasteiger partial charge in [-0.1, -0.05) is 60.2 Å². The number of nitrogens with one attached hydrogen (secondary N) is 4. The Hall–Kier alpha value is -4.18. The summed E-state index contributed by atoms with van der Waals surface area (Å²) in [5, 5.41) is 22.0. The molecule has 4 amide bonds. The van der Waals surface area contributed by atoms with Crippen molar-refractivity contribution < 1.29 is 24.3 Å². The fraction of sp³-hybridized carbons (Fsp3) is 0.200. The van der Waals surface area contributed by atoms with Gasteiger partial charge in [-0.05, 0) is 24.1 Å².